The molecule has 5 rings (SSSR count). The second kappa shape index (κ2) is 8.00. The number of aromatic nitrogens is 4. The number of aryl methyl sites for hydroxylation is 2. The maximum atomic E-state index is 12.9. The van der Waals surface area contributed by atoms with E-state index in [9.17, 15) is 4.79 Å². The van der Waals surface area contributed by atoms with Gasteiger partial charge in [0.25, 0.3) is 0 Å². The number of ketones is 1. The number of methoxy groups -OCH3 is 1. The summed E-state index contributed by atoms with van der Waals surface area (Å²) in [5.74, 6) is 1.79. The van der Waals surface area contributed by atoms with Gasteiger partial charge in [0.15, 0.2) is 5.78 Å². The van der Waals surface area contributed by atoms with Gasteiger partial charge in [-0.2, -0.15) is 0 Å². The molecule has 7 heteroatoms. The van der Waals surface area contributed by atoms with Gasteiger partial charge in [0, 0.05) is 11.8 Å². The second-order valence-corrected chi connectivity index (χ2v) is 8.03. The van der Waals surface area contributed by atoms with Crippen molar-refractivity contribution < 1.29 is 9.53 Å². The molecule has 32 heavy (non-hydrogen) atoms. The first-order chi connectivity index (χ1) is 15.5. The molecular formula is C25H23N5O2. The lowest BCUT2D eigenvalue weighted by Crippen LogP contribution is -2.23. The Morgan fingerprint density at radius 1 is 0.875 bits per heavy atom. The normalized spacial score (nSPS) is 15.5. The molecule has 1 aliphatic rings. The molecule has 2 aromatic carbocycles. The molecule has 0 amide bonds. The van der Waals surface area contributed by atoms with Gasteiger partial charge in [0.1, 0.15) is 5.75 Å². The first kappa shape index (κ1) is 20.1. The number of nitrogens with one attached hydrogen (secondary N) is 1. The van der Waals surface area contributed by atoms with Crippen molar-refractivity contribution in [2.24, 2.45) is 0 Å². The first-order valence-electron chi connectivity index (χ1n) is 10.6. The molecule has 160 valence electrons. The molecule has 4 aromatic rings. The van der Waals surface area contributed by atoms with Gasteiger partial charge in [-0.15, -0.1) is 0 Å². The van der Waals surface area contributed by atoms with Crippen LogP contribution in [0.4, 0.5) is 11.9 Å². The number of fused-ring (bicyclic) bond motifs is 2. The lowest BCUT2D eigenvalue weighted by molar-refractivity contribution is 0.0962. The Balaban J connectivity index is 1.47. The highest BCUT2D eigenvalue weighted by Crippen LogP contribution is 2.34. The van der Waals surface area contributed by atoms with Crippen LogP contribution in [0.2, 0.25) is 0 Å². The number of carbonyl (C=O) groups excluding carboxylic acids is 1. The number of rotatable bonds is 4. The van der Waals surface area contributed by atoms with Gasteiger partial charge in [-0.3, -0.25) is 10.1 Å². The Morgan fingerprint density at radius 2 is 1.59 bits per heavy atom. The Morgan fingerprint density at radius 3 is 2.38 bits per heavy atom. The maximum Gasteiger partial charge on any atom is 0.230 e. The van der Waals surface area contributed by atoms with Crippen molar-refractivity contribution in [1.82, 2.24) is 19.9 Å². The highest BCUT2D eigenvalue weighted by molar-refractivity contribution is 5.99. The van der Waals surface area contributed by atoms with Crippen LogP contribution in [0.3, 0.4) is 0 Å². The van der Waals surface area contributed by atoms with Gasteiger partial charge >= 0.3 is 0 Å². The van der Waals surface area contributed by atoms with Crippen LogP contribution in [0.15, 0.2) is 48.5 Å². The predicted molar refractivity (Wildman–Crippen MR) is 123 cm³/mol. The summed E-state index contributed by atoms with van der Waals surface area (Å²) in [6, 6.07) is 15.7. The summed E-state index contributed by atoms with van der Waals surface area (Å²) in [4.78, 5) is 31.3. The summed E-state index contributed by atoms with van der Waals surface area (Å²) < 4.78 is 5.25. The minimum absolute atomic E-state index is 0.0715. The third-order valence-electron chi connectivity index (χ3n) is 5.92. The van der Waals surface area contributed by atoms with Gasteiger partial charge in [-0.05, 0) is 49.9 Å². The molecule has 1 aliphatic carbocycles. The van der Waals surface area contributed by atoms with E-state index in [1.165, 1.54) is 0 Å². The number of anilines is 2. The SMILES string of the molecule is COc1ccc(C2CC(=O)c3c(C)nc(Nc4nc(C)c5ccccc5n4)nc3C2)cc1. The van der Waals surface area contributed by atoms with Crippen LogP contribution in [-0.2, 0) is 6.42 Å². The molecule has 0 bridgehead atoms. The van der Waals surface area contributed by atoms with Gasteiger partial charge in [-0.1, -0.05) is 30.3 Å². The lowest BCUT2D eigenvalue weighted by Gasteiger charge is -2.24. The van der Waals surface area contributed by atoms with Gasteiger partial charge < -0.3 is 4.74 Å². The molecule has 0 aliphatic heterocycles. The predicted octanol–water partition coefficient (Wildman–Crippen LogP) is 4.70. The number of Topliss-reactive ketones (excluding diaryl/α,β-unsaturated/α-hetero) is 1. The topological polar surface area (TPSA) is 89.9 Å². The van der Waals surface area contributed by atoms with E-state index in [-0.39, 0.29) is 11.7 Å². The Bertz CT molecular complexity index is 1330. The first-order valence-corrected chi connectivity index (χ1v) is 10.6. The number of benzene rings is 2. The zero-order valence-electron chi connectivity index (χ0n) is 18.2. The summed E-state index contributed by atoms with van der Waals surface area (Å²) in [5, 5.41) is 4.15. The number of hydrogen-bond donors (Lipinski definition) is 1. The van der Waals surface area contributed by atoms with Crippen LogP contribution >= 0.6 is 0 Å². The summed E-state index contributed by atoms with van der Waals surface area (Å²) in [6.07, 6.45) is 1.12. The highest BCUT2D eigenvalue weighted by atomic mass is 16.5. The van der Waals surface area contributed by atoms with E-state index in [4.69, 9.17) is 9.72 Å². The standard InChI is InChI=1S/C25H23N5O2/c1-14-19-6-4-5-7-20(19)28-24(26-14)30-25-27-15(2)23-21(29-25)12-17(13-22(23)31)16-8-10-18(32-3)11-9-16/h4-11,17H,12-13H2,1-3H3,(H,26,27,28,29,30). The van der Waals surface area contributed by atoms with E-state index in [0.29, 0.717) is 36.0 Å². The van der Waals surface area contributed by atoms with E-state index in [0.717, 1.165) is 33.6 Å². The Kier molecular flexibility index (Phi) is 5.01. The third-order valence-corrected chi connectivity index (χ3v) is 5.92. The molecular weight excluding hydrogens is 402 g/mol. The van der Waals surface area contributed by atoms with Crippen molar-refractivity contribution in [2.45, 2.75) is 32.6 Å². The Labute approximate surface area is 185 Å². The molecule has 2 aromatic heterocycles. The van der Waals surface area contributed by atoms with Crippen LogP contribution in [0.25, 0.3) is 10.9 Å². The number of para-hydroxylation sites is 1. The summed E-state index contributed by atoms with van der Waals surface area (Å²) >= 11 is 0. The van der Waals surface area contributed by atoms with E-state index >= 15 is 0 Å². The van der Waals surface area contributed by atoms with Gasteiger partial charge in [0.2, 0.25) is 11.9 Å². The quantitative estimate of drug-likeness (QED) is 0.507. The highest BCUT2D eigenvalue weighted by Gasteiger charge is 2.30. The molecule has 0 fully saturated rings. The number of ether oxygens (including phenoxy) is 1. The van der Waals surface area contributed by atoms with Crippen molar-refractivity contribution in [3.05, 3.63) is 76.7 Å². The number of nitrogens with zero attached hydrogens (tertiary/aromatic N) is 4. The molecule has 0 spiro atoms. The minimum Gasteiger partial charge on any atom is -0.497 e. The van der Waals surface area contributed by atoms with Crippen LogP contribution in [0, 0.1) is 13.8 Å². The monoisotopic (exact) mass is 425 g/mol. The minimum atomic E-state index is 0.0715. The average Bonchev–Trinajstić information content (AvgIpc) is 2.78. The number of hydrogen-bond acceptors (Lipinski definition) is 7. The van der Waals surface area contributed by atoms with E-state index in [1.807, 2.05) is 62.4 Å². The van der Waals surface area contributed by atoms with Crippen LogP contribution in [-0.4, -0.2) is 32.8 Å². The van der Waals surface area contributed by atoms with Gasteiger partial charge in [-0.25, -0.2) is 19.9 Å². The van der Waals surface area contributed by atoms with Crippen molar-refractivity contribution in [3.63, 3.8) is 0 Å². The molecule has 0 radical (unpaired) electrons. The largest absolute Gasteiger partial charge is 0.497 e. The molecule has 1 unspecified atom stereocenters. The second-order valence-electron chi connectivity index (χ2n) is 8.03. The molecule has 0 saturated heterocycles. The molecule has 1 atom stereocenters. The van der Waals surface area contributed by atoms with Gasteiger partial charge in [0.05, 0.1) is 35.3 Å². The smallest absolute Gasteiger partial charge is 0.230 e. The zero-order valence-corrected chi connectivity index (χ0v) is 18.2. The molecule has 2 heterocycles. The van der Waals surface area contributed by atoms with E-state index in [1.54, 1.807) is 7.11 Å². The summed E-state index contributed by atoms with van der Waals surface area (Å²) in [5.41, 5.74) is 4.90. The fraction of sp³-hybridized carbons (Fsp3) is 0.240. The maximum absolute atomic E-state index is 12.9. The number of carbonyl (C=O) groups is 1. The van der Waals surface area contributed by atoms with Crippen molar-refractivity contribution in [3.8, 4) is 5.75 Å². The molecule has 0 saturated carbocycles. The fourth-order valence-electron chi connectivity index (χ4n) is 4.33. The fourth-order valence-corrected chi connectivity index (χ4v) is 4.33. The Hall–Kier alpha value is -3.87. The lowest BCUT2D eigenvalue weighted by atomic mass is 9.81. The zero-order chi connectivity index (χ0) is 22.2. The van der Waals surface area contributed by atoms with Crippen molar-refractivity contribution in [1.29, 1.82) is 0 Å². The van der Waals surface area contributed by atoms with Crippen LogP contribution in [0.1, 0.15) is 45.3 Å². The van der Waals surface area contributed by atoms with Crippen molar-refractivity contribution in [2.75, 3.05) is 12.4 Å². The van der Waals surface area contributed by atoms with Crippen LogP contribution < -0.4 is 10.1 Å². The summed E-state index contributed by atoms with van der Waals surface area (Å²) in [7, 11) is 1.64. The average molecular weight is 425 g/mol. The van der Waals surface area contributed by atoms with E-state index in [2.05, 4.69) is 20.3 Å². The summed E-state index contributed by atoms with van der Waals surface area (Å²) in [6.45, 7) is 3.80. The molecule has 1 N–H and O–H groups in total. The van der Waals surface area contributed by atoms with Crippen LogP contribution in [0.5, 0.6) is 5.75 Å². The third kappa shape index (κ3) is 3.66. The molecule has 7 nitrogen and oxygen atoms in total. The van der Waals surface area contributed by atoms with E-state index < -0.39 is 0 Å². The van der Waals surface area contributed by atoms with Crippen molar-refractivity contribution >= 4 is 28.6 Å².